The largest absolute Gasteiger partial charge is 0.371 e. The van der Waals surface area contributed by atoms with E-state index in [9.17, 15) is 0 Å². The number of piperidine rings is 1. The summed E-state index contributed by atoms with van der Waals surface area (Å²) in [6.07, 6.45) is 3.93. The van der Waals surface area contributed by atoms with Gasteiger partial charge in [0.15, 0.2) is 5.96 Å². The fourth-order valence-corrected chi connectivity index (χ4v) is 2.90. The summed E-state index contributed by atoms with van der Waals surface area (Å²) in [5.74, 6) is 0.647. The molecule has 1 saturated heterocycles. The summed E-state index contributed by atoms with van der Waals surface area (Å²) >= 11 is 0. The van der Waals surface area contributed by atoms with Crippen LogP contribution in [0.25, 0.3) is 0 Å². The number of nitrogens with zero attached hydrogens (tertiary/aromatic N) is 3. The lowest BCUT2D eigenvalue weighted by molar-refractivity contribution is 0.458. The molecule has 0 atom stereocenters. The van der Waals surface area contributed by atoms with Gasteiger partial charge < -0.3 is 15.5 Å². The van der Waals surface area contributed by atoms with Crippen molar-refractivity contribution in [1.29, 1.82) is 0 Å². The number of para-hydroxylation sites is 1. The maximum Gasteiger partial charge on any atom is 0.191 e. The third-order valence-electron chi connectivity index (χ3n) is 4.19. The summed E-state index contributed by atoms with van der Waals surface area (Å²) in [4.78, 5) is 9.16. The third kappa shape index (κ3) is 4.13. The quantitative estimate of drug-likeness (QED) is 0.669. The molecular formula is C17H28N4. The Bertz CT molecular complexity index is 460. The smallest absolute Gasteiger partial charge is 0.191 e. The van der Waals surface area contributed by atoms with Gasteiger partial charge in [-0.05, 0) is 44.7 Å². The summed E-state index contributed by atoms with van der Waals surface area (Å²) < 4.78 is 0. The molecule has 0 saturated carbocycles. The summed E-state index contributed by atoms with van der Waals surface area (Å²) in [5, 5.41) is 0. The minimum atomic E-state index is 0.647. The third-order valence-corrected chi connectivity index (χ3v) is 4.19. The van der Waals surface area contributed by atoms with Crippen LogP contribution in [-0.2, 0) is 6.54 Å². The number of guanidine groups is 1. The number of nitrogens with two attached hydrogens (primary N) is 1. The predicted octanol–water partition coefficient (Wildman–Crippen LogP) is 2.83. The van der Waals surface area contributed by atoms with Crippen LogP contribution < -0.4 is 10.6 Å². The van der Waals surface area contributed by atoms with Crippen LogP contribution in [0.3, 0.4) is 0 Å². The van der Waals surface area contributed by atoms with Crippen LogP contribution in [0.2, 0.25) is 0 Å². The molecule has 1 aliphatic heterocycles. The average molecular weight is 288 g/mol. The SMILES string of the molecule is CCN(CC)C(N)=NCc1ccccc1N1CCCCC1. The average Bonchev–Trinajstić information content (AvgIpc) is 2.55. The van der Waals surface area contributed by atoms with E-state index in [1.807, 2.05) is 0 Å². The van der Waals surface area contributed by atoms with Gasteiger partial charge in [0.1, 0.15) is 0 Å². The first kappa shape index (κ1) is 15.7. The molecule has 0 spiro atoms. The van der Waals surface area contributed by atoms with Gasteiger partial charge in [-0.15, -0.1) is 0 Å². The Balaban J connectivity index is 2.11. The van der Waals surface area contributed by atoms with Crippen LogP contribution in [0.15, 0.2) is 29.3 Å². The van der Waals surface area contributed by atoms with Crippen LogP contribution in [0.4, 0.5) is 5.69 Å². The van der Waals surface area contributed by atoms with Crippen LogP contribution in [0.5, 0.6) is 0 Å². The molecule has 2 rings (SSSR count). The van der Waals surface area contributed by atoms with E-state index >= 15 is 0 Å². The van der Waals surface area contributed by atoms with Gasteiger partial charge in [-0.2, -0.15) is 0 Å². The van der Waals surface area contributed by atoms with E-state index in [2.05, 4.69) is 52.9 Å². The van der Waals surface area contributed by atoms with Crippen LogP contribution in [-0.4, -0.2) is 37.0 Å². The molecule has 0 bridgehead atoms. The molecule has 1 heterocycles. The van der Waals surface area contributed by atoms with Gasteiger partial charge in [0.25, 0.3) is 0 Å². The molecule has 0 aromatic heterocycles. The van der Waals surface area contributed by atoms with E-state index in [1.54, 1.807) is 0 Å². The number of benzene rings is 1. The summed E-state index contributed by atoms with van der Waals surface area (Å²) in [7, 11) is 0. The van der Waals surface area contributed by atoms with Crippen LogP contribution in [0.1, 0.15) is 38.7 Å². The fraction of sp³-hybridized carbons (Fsp3) is 0.588. The van der Waals surface area contributed by atoms with Crippen molar-refractivity contribution in [3.63, 3.8) is 0 Å². The van der Waals surface area contributed by atoms with Crippen molar-refractivity contribution < 1.29 is 0 Å². The Labute approximate surface area is 128 Å². The Morgan fingerprint density at radius 3 is 2.48 bits per heavy atom. The predicted molar refractivity (Wildman–Crippen MR) is 90.8 cm³/mol. The highest BCUT2D eigenvalue weighted by Gasteiger charge is 2.14. The first-order chi connectivity index (χ1) is 10.3. The molecule has 0 amide bonds. The molecule has 2 N–H and O–H groups in total. The van der Waals surface area contributed by atoms with Crippen molar-refractivity contribution in [2.75, 3.05) is 31.1 Å². The topological polar surface area (TPSA) is 44.9 Å². The molecule has 21 heavy (non-hydrogen) atoms. The number of aliphatic imine (C=N–C) groups is 1. The molecule has 1 aromatic carbocycles. The van der Waals surface area contributed by atoms with Gasteiger partial charge in [-0.25, -0.2) is 4.99 Å². The molecule has 1 fully saturated rings. The highest BCUT2D eigenvalue weighted by atomic mass is 15.2. The van der Waals surface area contributed by atoms with Crippen molar-refractivity contribution in [3.05, 3.63) is 29.8 Å². The normalized spacial score (nSPS) is 16.1. The van der Waals surface area contributed by atoms with E-state index in [0.717, 1.165) is 26.2 Å². The number of rotatable bonds is 5. The lowest BCUT2D eigenvalue weighted by Crippen LogP contribution is -2.37. The lowest BCUT2D eigenvalue weighted by atomic mass is 10.1. The standard InChI is InChI=1S/C17H28N4/c1-3-20(4-2)17(18)19-14-15-10-6-7-11-16(15)21-12-8-5-9-13-21/h6-7,10-11H,3-5,8-9,12-14H2,1-2H3,(H2,18,19). The number of hydrogen-bond acceptors (Lipinski definition) is 2. The monoisotopic (exact) mass is 288 g/mol. The van der Waals surface area contributed by atoms with Crippen molar-refractivity contribution in [2.45, 2.75) is 39.7 Å². The van der Waals surface area contributed by atoms with Crippen molar-refractivity contribution in [3.8, 4) is 0 Å². The maximum atomic E-state index is 6.08. The van der Waals surface area contributed by atoms with Gasteiger partial charge in [0.2, 0.25) is 0 Å². The minimum Gasteiger partial charge on any atom is -0.371 e. The van der Waals surface area contributed by atoms with Crippen LogP contribution in [0, 0.1) is 0 Å². The summed E-state index contributed by atoms with van der Waals surface area (Å²) in [6, 6.07) is 8.59. The number of hydrogen-bond donors (Lipinski definition) is 1. The van der Waals surface area contributed by atoms with E-state index in [-0.39, 0.29) is 0 Å². The maximum absolute atomic E-state index is 6.08. The molecule has 4 heteroatoms. The van der Waals surface area contributed by atoms with Crippen molar-refractivity contribution in [1.82, 2.24) is 4.90 Å². The first-order valence-electron chi connectivity index (χ1n) is 8.14. The zero-order valence-electron chi connectivity index (χ0n) is 13.4. The molecule has 0 aliphatic carbocycles. The first-order valence-corrected chi connectivity index (χ1v) is 8.14. The summed E-state index contributed by atoms with van der Waals surface area (Å²) in [5.41, 5.74) is 8.68. The molecule has 0 unspecified atom stereocenters. The summed E-state index contributed by atoms with van der Waals surface area (Å²) in [6.45, 7) is 8.99. The highest BCUT2D eigenvalue weighted by Crippen LogP contribution is 2.24. The van der Waals surface area contributed by atoms with Gasteiger partial charge in [-0.1, -0.05) is 18.2 Å². The minimum absolute atomic E-state index is 0.647. The van der Waals surface area contributed by atoms with E-state index in [1.165, 1.54) is 30.5 Å². The lowest BCUT2D eigenvalue weighted by Gasteiger charge is -2.30. The Morgan fingerprint density at radius 2 is 1.81 bits per heavy atom. The Hall–Kier alpha value is -1.71. The van der Waals surface area contributed by atoms with E-state index in [4.69, 9.17) is 5.73 Å². The molecule has 1 aromatic rings. The van der Waals surface area contributed by atoms with E-state index < -0.39 is 0 Å². The van der Waals surface area contributed by atoms with Gasteiger partial charge >= 0.3 is 0 Å². The zero-order valence-corrected chi connectivity index (χ0v) is 13.4. The van der Waals surface area contributed by atoms with Crippen molar-refractivity contribution >= 4 is 11.6 Å². The van der Waals surface area contributed by atoms with E-state index in [0.29, 0.717) is 12.5 Å². The van der Waals surface area contributed by atoms with Gasteiger partial charge in [-0.3, -0.25) is 0 Å². The molecular weight excluding hydrogens is 260 g/mol. The Kier molecular flexibility index (Phi) is 5.90. The molecule has 0 radical (unpaired) electrons. The molecule has 1 aliphatic rings. The second kappa shape index (κ2) is 7.91. The fourth-order valence-electron chi connectivity index (χ4n) is 2.90. The Morgan fingerprint density at radius 1 is 1.14 bits per heavy atom. The van der Waals surface area contributed by atoms with Gasteiger partial charge in [0, 0.05) is 31.9 Å². The zero-order chi connectivity index (χ0) is 15.1. The second-order valence-corrected chi connectivity index (χ2v) is 5.52. The van der Waals surface area contributed by atoms with Crippen molar-refractivity contribution in [2.24, 2.45) is 10.7 Å². The molecule has 116 valence electrons. The van der Waals surface area contributed by atoms with Gasteiger partial charge in [0.05, 0.1) is 6.54 Å². The molecule has 4 nitrogen and oxygen atoms in total. The highest BCUT2D eigenvalue weighted by molar-refractivity contribution is 5.78. The number of anilines is 1. The van der Waals surface area contributed by atoms with Crippen LogP contribution >= 0.6 is 0 Å². The second-order valence-electron chi connectivity index (χ2n) is 5.52.